The van der Waals surface area contributed by atoms with Crippen molar-refractivity contribution < 1.29 is 14.4 Å². The number of nitrogens with one attached hydrogen (secondary N) is 1. The van der Waals surface area contributed by atoms with Gasteiger partial charge in [0.15, 0.2) is 0 Å². The van der Waals surface area contributed by atoms with Gasteiger partial charge in [-0.25, -0.2) is 4.79 Å². The van der Waals surface area contributed by atoms with Crippen LogP contribution in [-0.4, -0.2) is 29.3 Å². The molecule has 1 N–H and O–H groups in total. The third-order valence-electron chi connectivity index (χ3n) is 4.58. The fraction of sp³-hybridized carbons (Fsp3) is 0.150. The first-order valence-corrected chi connectivity index (χ1v) is 8.41. The number of carbonyl (C=O) groups is 3. The summed E-state index contributed by atoms with van der Waals surface area (Å²) in [6.45, 7) is 0.808. The fourth-order valence-corrected chi connectivity index (χ4v) is 3.24. The number of para-hydroxylation sites is 1. The molecule has 4 rings (SSSR count). The van der Waals surface area contributed by atoms with Gasteiger partial charge < -0.3 is 4.90 Å². The molecule has 0 bridgehead atoms. The van der Waals surface area contributed by atoms with E-state index in [0.29, 0.717) is 6.54 Å². The van der Waals surface area contributed by atoms with E-state index in [9.17, 15) is 14.4 Å². The molecule has 2 aliphatic heterocycles. The van der Waals surface area contributed by atoms with Crippen molar-refractivity contribution in [2.75, 3.05) is 11.4 Å². The van der Waals surface area contributed by atoms with Crippen LogP contribution in [0.25, 0.3) is 0 Å². The zero-order valence-corrected chi connectivity index (χ0v) is 14.0. The number of barbiturate groups is 1. The van der Waals surface area contributed by atoms with Gasteiger partial charge >= 0.3 is 6.03 Å². The minimum Gasteiger partial charge on any atom is -0.346 e. The van der Waals surface area contributed by atoms with Crippen LogP contribution in [0.1, 0.15) is 11.1 Å². The maximum Gasteiger partial charge on any atom is 0.331 e. The maximum absolute atomic E-state index is 12.8. The second kappa shape index (κ2) is 6.48. The number of urea groups is 1. The third-order valence-corrected chi connectivity index (χ3v) is 4.58. The Kier molecular flexibility index (Phi) is 4.01. The van der Waals surface area contributed by atoms with Crippen LogP contribution in [0.15, 0.2) is 66.4 Å². The molecule has 4 amide bonds. The Morgan fingerprint density at radius 3 is 2.50 bits per heavy atom. The van der Waals surface area contributed by atoms with E-state index in [1.807, 2.05) is 59.5 Å². The number of carbonyl (C=O) groups excluding carboxylic acids is 3. The van der Waals surface area contributed by atoms with E-state index in [1.165, 1.54) is 5.56 Å². The Bertz CT molecular complexity index is 921. The summed E-state index contributed by atoms with van der Waals surface area (Å²) >= 11 is 0. The lowest BCUT2D eigenvalue weighted by molar-refractivity contribution is -0.130. The number of nitrogens with zero attached hydrogens (tertiary/aromatic N) is 2. The number of hydrogen-bond donors (Lipinski definition) is 1. The highest BCUT2D eigenvalue weighted by molar-refractivity contribution is 6.28. The summed E-state index contributed by atoms with van der Waals surface area (Å²) in [5, 5.41) is 2.26. The summed E-state index contributed by atoms with van der Waals surface area (Å²) in [4.78, 5) is 40.1. The zero-order valence-electron chi connectivity index (χ0n) is 14.0. The van der Waals surface area contributed by atoms with E-state index in [-0.39, 0.29) is 12.1 Å². The molecule has 2 aliphatic rings. The van der Waals surface area contributed by atoms with Crippen molar-refractivity contribution in [2.24, 2.45) is 0 Å². The van der Waals surface area contributed by atoms with Crippen molar-refractivity contribution in [1.29, 1.82) is 0 Å². The monoisotopic (exact) mass is 347 g/mol. The molecule has 2 aromatic carbocycles. The molecule has 0 radical (unpaired) electrons. The molecule has 0 aliphatic carbocycles. The lowest BCUT2D eigenvalue weighted by Gasteiger charge is -2.27. The number of hydrogen-bond acceptors (Lipinski definition) is 4. The standard InChI is InChI=1S/C20H17N3O3/c24-18-16(13-22-11-10-15-8-4-5-9-17(15)22)19(25)23(20(26)21-18)12-14-6-2-1-3-7-14/h1-9,13H,10-12H2,(H,21,24,26)/b16-13+. The van der Waals surface area contributed by atoms with Crippen LogP contribution in [0.5, 0.6) is 0 Å². The molecule has 6 heteroatoms. The minimum atomic E-state index is -0.692. The highest BCUT2D eigenvalue weighted by Crippen LogP contribution is 2.28. The van der Waals surface area contributed by atoms with Crippen LogP contribution in [0.3, 0.4) is 0 Å². The van der Waals surface area contributed by atoms with Gasteiger partial charge in [-0.1, -0.05) is 48.5 Å². The summed E-state index contributed by atoms with van der Waals surface area (Å²) in [6.07, 6.45) is 2.40. The Morgan fingerprint density at radius 2 is 1.69 bits per heavy atom. The second-order valence-corrected chi connectivity index (χ2v) is 6.25. The summed E-state index contributed by atoms with van der Waals surface area (Å²) in [6, 6.07) is 16.4. The molecule has 1 fully saturated rings. The smallest absolute Gasteiger partial charge is 0.331 e. The number of fused-ring (bicyclic) bond motifs is 1. The van der Waals surface area contributed by atoms with Crippen molar-refractivity contribution in [2.45, 2.75) is 13.0 Å². The molecule has 0 saturated carbocycles. The van der Waals surface area contributed by atoms with Crippen molar-refractivity contribution in [1.82, 2.24) is 10.2 Å². The van der Waals surface area contributed by atoms with E-state index in [1.54, 1.807) is 6.20 Å². The average Bonchev–Trinajstić information content (AvgIpc) is 3.06. The van der Waals surface area contributed by atoms with Gasteiger partial charge in [0.05, 0.1) is 6.54 Å². The topological polar surface area (TPSA) is 69.7 Å². The van der Waals surface area contributed by atoms with Gasteiger partial charge in [-0.2, -0.15) is 0 Å². The van der Waals surface area contributed by atoms with E-state index in [0.717, 1.165) is 22.6 Å². The van der Waals surface area contributed by atoms with E-state index < -0.39 is 17.8 Å². The molecular formula is C20H17N3O3. The quantitative estimate of drug-likeness (QED) is 0.683. The van der Waals surface area contributed by atoms with Gasteiger partial charge in [0.1, 0.15) is 5.57 Å². The first-order chi connectivity index (χ1) is 12.6. The molecule has 130 valence electrons. The van der Waals surface area contributed by atoms with Gasteiger partial charge in [0.25, 0.3) is 11.8 Å². The summed E-state index contributed by atoms with van der Waals surface area (Å²) in [7, 11) is 0. The number of benzene rings is 2. The molecule has 2 heterocycles. The van der Waals surface area contributed by atoms with Crippen molar-refractivity contribution in [3.8, 4) is 0 Å². The van der Waals surface area contributed by atoms with Crippen molar-refractivity contribution in [3.63, 3.8) is 0 Å². The molecule has 6 nitrogen and oxygen atoms in total. The number of imide groups is 2. The van der Waals surface area contributed by atoms with Crippen LogP contribution < -0.4 is 10.2 Å². The molecule has 2 aromatic rings. The first-order valence-electron chi connectivity index (χ1n) is 8.41. The average molecular weight is 347 g/mol. The molecule has 1 saturated heterocycles. The zero-order chi connectivity index (χ0) is 18.1. The lowest BCUT2D eigenvalue weighted by atomic mass is 10.1. The predicted molar refractivity (Wildman–Crippen MR) is 96.1 cm³/mol. The summed E-state index contributed by atoms with van der Waals surface area (Å²) < 4.78 is 0. The largest absolute Gasteiger partial charge is 0.346 e. The van der Waals surface area contributed by atoms with E-state index >= 15 is 0 Å². The normalized spacial score (nSPS) is 18.3. The van der Waals surface area contributed by atoms with Crippen LogP contribution >= 0.6 is 0 Å². The highest BCUT2D eigenvalue weighted by Gasteiger charge is 2.36. The predicted octanol–water partition coefficient (Wildman–Crippen LogP) is 2.21. The van der Waals surface area contributed by atoms with Crippen LogP contribution in [-0.2, 0) is 22.6 Å². The Balaban J connectivity index is 1.63. The molecular weight excluding hydrogens is 330 g/mol. The first kappa shape index (κ1) is 16.1. The van der Waals surface area contributed by atoms with Gasteiger partial charge in [-0.3, -0.25) is 19.8 Å². The number of rotatable bonds is 3. The van der Waals surface area contributed by atoms with Gasteiger partial charge in [-0.15, -0.1) is 0 Å². The van der Waals surface area contributed by atoms with Gasteiger partial charge in [-0.05, 0) is 23.6 Å². The molecule has 0 spiro atoms. The van der Waals surface area contributed by atoms with Gasteiger partial charge in [0, 0.05) is 18.4 Å². The molecule has 0 aromatic heterocycles. The highest BCUT2D eigenvalue weighted by atomic mass is 16.2. The van der Waals surface area contributed by atoms with Crippen molar-refractivity contribution >= 4 is 23.5 Å². The molecule has 26 heavy (non-hydrogen) atoms. The Hall–Kier alpha value is -3.41. The lowest BCUT2D eigenvalue weighted by Crippen LogP contribution is -2.54. The van der Waals surface area contributed by atoms with Gasteiger partial charge in [0.2, 0.25) is 0 Å². The maximum atomic E-state index is 12.8. The molecule has 0 atom stereocenters. The molecule has 0 unspecified atom stereocenters. The SMILES string of the molecule is O=C1NC(=O)N(Cc2ccccc2)C(=O)/C1=C/N1CCc2ccccc21. The Labute approximate surface area is 150 Å². The Morgan fingerprint density at radius 1 is 0.962 bits per heavy atom. The minimum absolute atomic E-state index is 0.0303. The fourth-order valence-electron chi connectivity index (χ4n) is 3.24. The van der Waals surface area contributed by atoms with Crippen LogP contribution in [0, 0.1) is 0 Å². The number of anilines is 1. The number of amides is 4. The van der Waals surface area contributed by atoms with E-state index in [2.05, 4.69) is 5.32 Å². The van der Waals surface area contributed by atoms with E-state index in [4.69, 9.17) is 0 Å². The van der Waals surface area contributed by atoms with Crippen molar-refractivity contribution in [3.05, 3.63) is 77.5 Å². The summed E-state index contributed by atoms with van der Waals surface area (Å²) in [5.74, 6) is -1.24. The van der Waals surface area contributed by atoms with Crippen LogP contribution in [0.2, 0.25) is 0 Å². The third kappa shape index (κ3) is 2.86. The van der Waals surface area contributed by atoms with Crippen LogP contribution in [0.4, 0.5) is 10.5 Å². The second-order valence-electron chi connectivity index (χ2n) is 6.25. The summed E-state index contributed by atoms with van der Waals surface area (Å²) in [5.41, 5.74) is 2.94.